The van der Waals surface area contributed by atoms with E-state index in [-0.39, 0.29) is 17.5 Å². The van der Waals surface area contributed by atoms with Gasteiger partial charge in [-0.25, -0.2) is 10.1 Å². The summed E-state index contributed by atoms with van der Waals surface area (Å²) in [7, 11) is 3.05. The summed E-state index contributed by atoms with van der Waals surface area (Å²) in [6.07, 6.45) is 1.60. The smallest absolute Gasteiger partial charge is 0.264 e. The number of carbonyl (C=O) groups is 1. The predicted octanol–water partition coefficient (Wildman–Crippen LogP) is 3.08. The Labute approximate surface area is 182 Å². The van der Waals surface area contributed by atoms with Crippen molar-refractivity contribution in [1.82, 2.24) is 14.9 Å². The zero-order valence-corrected chi connectivity index (χ0v) is 17.8. The van der Waals surface area contributed by atoms with E-state index in [0.717, 1.165) is 17.3 Å². The molecule has 0 atom stereocenters. The van der Waals surface area contributed by atoms with Crippen LogP contribution in [0.1, 0.15) is 15.9 Å². The summed E-state index contributed by atoms with van der Waals surface area (Å²) in [4.78, 5) is 12.5. The van der Waals surface area contributed by atoms with E-state index in [1.54, 1.807) is 36.5 Å². The number of hydrogen-bond donors (Lipinski definition) is 2. The fraction of sp³-hybridized carbons (Fsp3) is 0.158. The number of nitrogens with one attached hydrogen (secondary N) is 1. The number of thioether (sulfide) groups is 1. The molecule has 0 aliphatic rings. The lowest BCUT2D eigenvalue weighted by atomic mass is 10.1. The third kappa shape index (κ3) is 5.22. The van der Waals surface area contributed by atoms with Crippen molar-refractivity contribution in [2.75, 3.05) is 31.2 Å². The number of ketones is 1. The van der Waals surface area contributed by atoms with Gasteiger partial charge in [0.15, 0.2) is 17.3 Å². The average molecular weight is 447 g/mol. The fourth-order valence-electron chi connectivity index (χ4n) is 2.39. The number of hydrazone groups is 1. The lowest BCUT2D eigenvalue weighted by molar-refractivity contribution is 0.102. The number of Topliss-reactive ketones (excluding diaryl/α,β-unsaturated/α-hetero) is 1. The largest absolute Gasteiger partial charge is 0.493 e. The molecule has 3 aromatic rings. The first-order valence-corrected chi connectivity index (χ1v) is 10.0. The van der Waals surface area contributed by atoms with E-state index in [1.807, 2.05) is 12.1 Å². The molecule has 156 valence electrons. The molecular formula is C19H19ClN6O3S. The van der Waals surface area contributed by atoms with Crippen LogP contribution in [0.5, 0.6) is 11.5 Å². The fourth-order valence-corrected chi connectivity index (χ4v) is 3.27. The van der Waals surface area contributed by atoms with E-state index in [2.05, 4.69) is 20.7 Å². The summed E-state index contributed by atoms with van der Waals surface area (Å²) < 4.78 is 11.6. The highest BCUT2D eigenvalue weighted by Crippen LogP contribution is 2.28. The van der Waals surface area contributed by atoms with Gasteiger partial charge >= 0.3 is 0 Å². The molecule has 30 heavy (non-hydrogen) atoms. The number of anilines is 1. The van der Waals surface area contributed by atoms with Crippen molar-refractivity contribution < 1.29 is 14.3 Å². The van der Waals surface area contributed by atoms with E-state index >= 15 is 0 Å². The second kappa shape index (κ2) is 9.99. The molecule has 0 spiro atoms. The van der Waals surface area contributed by atoms with E-state index < -0.39 is 0 Å². The third-order valence-electron chi connectivity index (χ3n) is 3.95. The summed E-state index contributed by atoms with van der Waals surface area (Å²) in [6.45, 7) is 0. The molecule has 2 aromatic carbocycles. The molecule has 0 radical (unpaired) electrons. The zero-order chi connectivity index (χ0) is 21.5. The van der Waals surface area contributed by atoms with E-state index in [1.165, 1.54) is 18.9 Å². The lowest BCUT2D eigenvalue weighted by Gasteiger charge is -2.09. The Morgan fingerprint density at radius 1 is 1.20 bits per heavy atom. The van der Waals surface area contributed by atoms with Gasteiger partial charge in [-0.1, -0.05) is 35.5 Å². The summed E-state index contributed by atoms with van der Waals surface area (Å²) in [5.74, 6) is 7.27. The quantitative estimate of drug-likeness (QED) is 0.169. The highest BCUT2D eigenvalue weighted by atomic mass is 35.5. The van der Waals surface area contributed by atoms with Crippen molar-refractivity contribution in [3.05, 3.63) is 58.6 Å². The van der Waals surface area contributed by atoms with Gasteiger partial charge in [0.25, 0.3) is 5.95 Å². The number of benzene rings is 2. The van der Waals surface area contributed by atoms with Gasteiger partial charge in [-0.05, 0) is 35.9 Å². The van der Waals surface area contributed by atoms with Crippen LogP contribution >= 0.6 is 23.4 Å². The van der Waals surface area contributed by atoms with Gasteiger partial charge < -0.3 is 15.3 Å². The van der Waals surface area contributed by atoms with Crippen LogP contribution in [0.25, 0.3) is 0 Å². The molecule has 0 unspecified atom stereocenters. The van der Waals surface area contributed by atoms with Crippen molar-refractivity contribution >= 4 is 41.3 Å². The maximum absolute atomic E-state index is 12.5. The Kier molecular flexibility index (Phi) is 7.15. The van der Waals surface area contributed by atoms with Crippen LogP contribution in [0.2, 0.25) is 5.02 Å². The first-order valence-electron chi connectivity index (χ1n) is 8.65. The number of rotatable bonds is 9. The number of methoxy groups -OCH3 is 2. The van der Waals surface area contributed by atoms with Gasteiger partial charge in [0.05, 0.1) is 26.2 Å². The van der Waals surface area contributed by atoms with Crippen LogP contribution in [0.15, 0.2) is 52.7 Å². The highest BCUT2D eigenvalue weighted by Gasteiger charge is 2.15. The maximum Gasteiger partial charge on any atom is 0.264 e. The number of ether oxygens (including phenoxy) is 2. The first kappa shape index (κ1) is 21.5. The third-order valence-corrected chi connectivity index (χ3v) is 5.15. The maximum atomic E-state index is 12.5. The molecule has 0 saturated heterocycles. The number of hydrogen-bond acceptors (Lipinski definition) is 9. The number of nitrogens with zero attached hydrogens (tertiary/aromatic N) is 4. The molecule has 0 aliphatic carbocycles. The van der Waals surface area contributed by atoms with Crippen molar-refractivity contribution in [1.29, 1.82) is 0 Å². The Bertz CT molecular complexity index is 1050. The van der Waals surface area contributed by atoms with Gasteiger partial charge in [-0.3, -0.25) is 4.79 Å². The van der Waals surface area contributed by atoms with Crippen LogP contribution in [-0.4, -0.2) is 46.8 Å². The lowest BCUT2D eigenvalue weighted by Crippen LogP contribution is -2.14. The standard InChI is InChI=1S/C19H19ClN6O3S/c1-28-16-8-5-13(9-17(16)29-2)15(27)11-30-19-25-24-18(26(19)21)23-22-10-12-3-6-14(20)7-4-12/h3-10H,11,21H2,1-2H3,(H,23,24)/b22-10+. The zero-order valence-electron chi connectivity index (χ0n) is 16.2. The van der Waals surface area contributed by atoms with Crippen molar-refractivity contribution in [2.24, 2.45) is 5.10 Å². The second-order valence-corrected chi connectivity index (χ2v) is 7.26. The van der Waals surface area contributed by atoms with Gasteiger partial charge in [0, 0.05) is 10.6 Å². The molecule has 0 aliphatic heterocycles. The van der Waals surface area contributed by atoms with Gasteiger partial charge in [-0.15, -0.1) is 10.2 Å². The second-order valence-electron chi connectivity index (χ2n) is 5.88. The number of nitrogen functional groups attached to an aromatic ring is 1. The normalized spacial score (nSPS) is 10.9. The van der Waals surface area contributed by atoms with Gasteiger partial charge in [0.1, 0.15) is 0 Å². The minimum Gasteiger partial charge on any atom is -0.493 e. The number of aromatic nitrogens is 3. The molecule has 9 nitrogen and oxygen atoms in total. The SMILES string of the molecule is COc1ccc(C(=O)CSc2nnc(N/N=C/c3ccc(Cl)cc3)n2N)cc1OC. The van der Waals surface area contributed by atoms with Crippen molar-refractivity contribution in [2.45, 2.75) is 5.16 Å². The van der Waals surface area contributed by atoms with Crippen molar-refractivity contribution in [3.63, 3.8) is 0 Å². The monoisotopic (exact) mass is 446 g/mol. The molecule has 0 bridgehead atoms. The Morgan fingerprint density at radius 2 is 1.93 bits per heavy atom. The molecule has 0 amide bonds. The molecule has 0 saturated carbocycles. The summed E-state index contributed by atoms with van der Waals surface area (Å²) in [6, 6.07) is 12.2. The average Bonchev–Trinajstić information content (AvgIpc) is 3.12. The predicted molar refractivity (Wildman–Crippen MR) is 117 cm³/mol. The summed E-state index contributed by atoms with van der Waals surface area (Å²) in [5.41, 5.74) is 4.06. The van der Waals surface area contributed by atoms with Crippen LogP contribution in [0.3, 0.4) is 0 Å². The number of halogens is 1. The summed E-state index contributed by atoms with van der Waals surface area (Å²) in [5, 5.41) is 13.0. The van der Waals surface area contributed by atoms with E-state index in [9.17, 15) is 4.79 Å². The minimum absolute atomic E-state index is 0.112. The topological polar surface area (TPSA) is 117 Å². The first-order chi connectivity index (χ1) is 14.5. The van der Waals surface area contributed by atoms with Gasteiger partial charge in [0.2, 0.25) is 5.16 Å². The van der Waals surface area contributed by atoms with E-state index in [0.29, 0.717) is 27.2 Å². The minimum atomic E-state index is -0.112. The highest BCUT2D eigenvalue weighted by molar-refractivity contribution is 7.99. The van der Waals surface area contributed by atoms with Crippen molar-refractivity contribution in [3.8, 4) is 11.5 Å². The van der Waals surface area contributed by atoms with Gasteiger partial charge in [-0.2, -0.15) is 5.10 Å². The molecule has 0 fully saturated rings. The molecule has 1 aromatic heterocycles. The molecular weight excluding hydrogens is 428 g/mol. The molecule has 11 heteroatoms. The molecule has 3 N–H and O–H groups in total. The molecule has 1 heterocycles. The van der Waals surface area contributed by atoms with Crippen LogP contribution in [0, 0.1) is 0 Å². The molecule has 3 rings (SSSR count). The van der Waals surface area contributed by atoms with Crippen LogP contribution < -0.4 is 20.7 Å². The Morgan fingerprint density at radius 3 is 2.63 bits per heavy atom. The van der Waals surface area contributed by atoms with Crippen LogP contribution in [0.4, 0.5) is 5.95 Å². The number of carbonyl (C=O) groups excluding carboxylic acids is 1. The van der Waals surface area contributed by atoms with E-state index in [4.69, 9.17) is 26.9 Å². The Balaban J connectivity index is 1.59. The van der Waals surface area contributed by atoms with Crippen LogP contribution in [-0.2, 0) is 0 Å². The number of nitrogens with two attached hydrogens (primary N) is 1. The summed E-state index contributed by atoms with van der Waals surface area (Å²) >= 11 is 7.01. The Hall–Kier alpha value is -3.24.